The van der Waals surface area contributed by atoms with Crippen LogP contribution in [0.3, 0.4) is 0 Å². The number of ether oxygens (including phenoxy) is 1. The van der Waals surface area contributed by atoms with E-state index in [4.69, 9.17) is 10.5 Å². The van der Waals surface area contributed by atoms with Crippen molar-refractivity contribution in [3.63, 3.8) is 0 Å². The molecule has 2 heterocycles. The van der Waals surface area contributed by atoms with E-state index in [-0.39, 0.29) is 11.3 Å². The van der Waals surface area contributed by atoms with Crippen molar-refractivity contribution in [1.82, 2.24) is 4.90 Å². The average molecular weight is 156 g/mol. The van der Waals surface area contributed by atoms with E-state index in [2.05, 4.69) is 0 Å². The van der Waals surface area contributed by atoms with E-state index in [1.54, 1.807) is 4.90 Å². The lowest BCUT2D eigenvalue weighted by Gasteiger charge is -2.35. The van der Waals surface area contributed by atoms with Crippen molar-refractivity contribution in [3.8, 4) is 0 Å². The molecular weight excluding hydrogens is 144 g/mol. The molecule has 2 aliphatic heterocycles. The van der Waals surface area contributed by atoms with E-state index < -0.39 is 0 Å². The second kappa shape index (κ2) is 2.19. The first-order valence-electron chi connectivity index (χ1n) is 3.86. The first kappa shape index (κ1) is 7.06. The predicted octanol–water partition coefficient (Wildman–Crippen LogP) is -0.849. The van der Waals surface area contributed by atoms with Crippen molar-refractivity contribution in [2.45, 2.75) is 6.42 Å². The Morgan fingerprint density at radius 3 is 2.64 bits per heavy atom. The van der Waals surface area contributed by atoms with Gasteiger partial charge in [0.05, 0.1) is 25.3 Å². The fourth-order valence-corrected chi connectivity index (χ4v) is 1.68. The molecule has 0 saturated carbocycles. The SMILES string of the molecule is NCN1CCC2(COC2)C1=O. The summed E-state index contributed by atoms with van der Waals surface area (Å²) < 4.78 is 5.03. The highest BCUT2D eigenvalue weighted by molar-refractivity contribution is 5.85. The third kappa shape index (κ3) is 0.795. The molecule has 0 atom stereocenters. The molecule has 2 saturated heterocycles. The highest BCUT2D eigenvalue weighted by Gasteiger charge is 2.51. The fourth-order valence-electron chi connectivity index (χ4n) is 1.68. The van der Waals surface area contributed by atoms with Crippen LogP contribution in [0.15, 0.2) is 0 Å². The van der Waals surface area contributed by atoms with Crippen LogP contribution in [0, 0.1) is 5.41 Å². The van der Waals surface area contributed by atoms with E-state index in [1.807, 2.05) is 0 Å². The van der Waals surface area contributed by atoms with Gasteiger partial charge in [-0.2, -0.15) is 0 Å². The van der Waals surface area contributed by atoms with Gasteiger partial charge < -0.3 is 15.4 Å². The summed E-state index contributed by atoms with van der Waals surface area (Å²) in [5.41, 5.74) is 5.22. The minimum atomic E-state index is -0.167. The zero-order chi connectivity index (χ0) is 7.90. The van der Waals surface area contributed by atoms with Gasteiger partial charge in [0.1, 0.15) is 0 Å². The largest absolute Gasteiger partial charge is 0.379 e. The molecule has 0 unspecified atom stereocenters. The number of rotatable bonds is 1. The lowest BCUT2D eigenvalue weighted by molar-refractivity contribution is -0.161. The first-order chi connectivity index (χ1) is 5.28. The molecule has 62 valence electrons. The average Bonchev–Trinajstić information content (AvgIpc) is 2.25. The highest BCUT2D eigenvalue weighted by atomic mass is 16.5. The maximum absolute atomic E-state index is 11.5. The maximum atomic E-state index is 11.5. The summed E-state index contributed by atoms with van der Waals surface area (Å²) in [5, 5.41) is 0. The van der Waals surface area contributed by atoms with Crippen molar-refractivity contribution >= 4 is 5.91 Å². The number of nitrogens with zero attached hydrogens (tertiary/aromatic N) is 1. The molecule has 0 radical (unpaired) electrons. The van der Waals surface area contributed by atoms with Crippen LogP contribution in [0.1, 0.15) is 6.42 Å². The van der Waals surface area contributed by atoms with E-state index in [0.29, 0.717) is 19.9 Å². The molecular formula is C7H12N2O2. The number of amides is 1. The number of hydrogen-bond acceptors (Lipinski definition) is 3. The molecule has 2 fully saturated rings. The van der Waals surface area contributed by atoms with Gasteiger partial charge in [-0.15, -0.1) is 0 Å². The van der Waals surface area contributed by atoms with Gasteiger partial charge in [-0.25, -0.2) is 0 Å². The smallest absolute Gasteiger partial charge is 0.234 e. The lowest BCUT2D eigenvalue weighted by Crippen LogP contribution is -2.49. The first-order valence-corrected chi connectivity index (χ1v) is 3.86. The molecule has 2 aliphatic rings. The summed E-state index contributed by atoms with van der Waals surface area (Å²) in [5.74, 6) is 0.186. The summed E-state index contributed by atoms with van der Waals surface area (Å²) >= 11 is 0. The van der Waals surface area contributed by atoms with Gasteiger partial charge >= 0.3 is 0 Å². The van der Waals surface area contributed by atoms with Crippen molar-refractivity contribution in [2.75, 3.05) is 26.4 Å². The van der Waals surface area contributed by atoms with Crippen LogP contribution in [-0.2, 0) is 9.53 Å². The molecule has 1 spiro atoms. The second-order valence-corrected chi connectivity index (χ2v) is 3.27. The Labute approximate surface area is 65.3 Å². The zero-order valence-electron chi connectivity index (χ0n) is 6.38. The third-order valence-corrected chi connectivity index (χ3v) is 2.58. The number of hydrogen-bond donors (Lipinski definition) is 1. The van der Waals surface area contributed by atoms with Crippen LogP contribution < -0.4 is 5.73 Å². The second-order valence-electron chi connectivity index (χ2n) is 3.27. The van der Waals surface area contributed by atoms with Crippen molar-refractivity contribution in [2.24, 2.45) is 11.1 Å². The molecule has 0 aromatic heterocycles. The number of likely N-dealkylation sites (tertiary alicyclic amines) is 1. The molecule has 4 nitrogen and oxygen atoms in total. The molecule has 2 N–H and O–H groups in total. The van der Waals surface area contributed by atoms with Gasteiger partial charge in [-0.1, -0.05) is 0 Å². The molecule has 0 bridgehead atoms. The van der Waals surface area contributed by atoms with Crippen molar-refractivity contribution in [1.29, 1.82) is 0 Å². The zero-order valence-corrected chi connectivity index (χ0v) is 6.38. The molecule has 4 heteroatoms. The van der Waals surface area contributed by atoms with Crippen LogP contribution >= 0.6 is 0 Å². The highest BCUT2D eigenvalue weighted by Crippen LogP contribution is 2.38. The Morgan fingerprint density at radius 2 is 2.36 bits per heavy atom. The summed E-state index contributed by atoms with van der Waals surface area (Å²) in [7, 11) is 0. The Hall–Kier alpha value is -0.610. The molecule has 11 heavy (non-hydrogen) atoms. The Bertz CT molecular complexity index is 189. The van der Waals surface area contributed by atoms with Gasteiger partial charge in [0, 0.05) is 6.54 Å². The van der Waals surface area contributed by atoms with Crippen LogP contribution in [0.25, 0.3) is 0 Å². The van der Waals surface area contributed by atoms with E-state index in [0.717, 1.165) is 13.0 Å². The fraction of sp³-hybridized carbons (Fsp3) is 0.857. The quantitative estimate of drug-likeness (QED) is 0.538. The van der Waals surface area contributed by atoms with E-state index in [1.165, 1.54) is 0 Å². The summed E-state index contributed by atoms with van der Waals surface area (Å²) in [6.07, 6.45) is 0.920. The van der Waals surface area contributed by atoms with Crippen LogP contribution in [0.5, 0.6) is 0 Å². The normalized spacial score (nSPS) is 27.7. The van der Waals surface area contributed by atoms with Gasteiger partial charge in [-0.05, 0) is 6.42 Å². The summed E-state index contributed by atoms with van der Waals surface area (Å²) in [6.45, 7) is 2.35. The topological polar surface area (TPSA) is 55.6 Å². The maximum Gasteiger partial charge on any atom is 0.234 e. The minimum Gasteiger partial charge on any atom is -0.379 e. The van der Waals surface area contributed by atoms with Gasteiger partial charge in [0.15, 0.2) is 0 Å². The van der Waals surface area contributed by atoms with Crippen molar-refractivity contribution < 1.29 is 9.53 Å². The predicted molar refractivity (Wildman–Crippen MR) is 38.6 cm³/mol. The molecule has 2 rings (SSSR count). The van der Waals surface area contributed by atoms with Gasteiger partial charge in [-0.3, -0.25) is 4.79 Å². The molecule has 1 amide bonds. The standard InChI is InChI=1S/C7H12N2O2/c8-5-9-2-1-7(6(9)10)3-11-4-7/h1-5,8H2. The Kier molecular flexibility index (Phi) is 1.40. The molecule has 0 aromatic carbocycles. The molecule has 0 aliphatic carbocycles. The Morgan fingerprint density at radius 1 is 1.64 bits per heavy atom. The lowest BCUT2D eigenvalue weighted by atomic mass is 9.84. The van der Waals surface area contributed by atoms with E-state index in [9.17, 15) is 4.79 Å². The van der Waals surface area contributed by atoms with Crippen LogP contribution in [0.2, 0.25) is 0 Å². The summed E-state index contributed by atoms with van der Waals surface area (Å²) in [6, 6.07) is 0. The monoisotopic (exact) mass is 156 g/mol. The number of nitrogens with two attached hydrogens (primary N) is 1. The summed E-state index contributed by atoms with van der Waals surface area (Å²) in [4.78, 5) is 13.2. The number of carbonyl (C=O) groups is 1. The molecule has 0 aromatic rings. The van der Waals surface area contributed by atoms with Gasteiger partial charge in [0.25, 0.3) is 0 Å². The van der Waals surface area contributed by atoms with Crippen LogP contribution in [0.4, 0.5) is 0 Å². The number of carbonyl (C=O) groups excluding carboxylic acids is 1. The van der Waals surface area contributed by atoms with Crippen molar-refractivity contribution in [3.05, 3.63) is 0 Å². The van der Waals surface area contributed by atoms with Gasteiger partial charge in [0.2, 0.25) is 5.91 Å². The van der Waals surface area contributed by atoms with Crippen LogP contribution in [-0.4, -0.2) is 37.2 Å². The minimum absolute atomic E-state index is 0.167. The third-order valence-electron chi connectivity index (χ3n) is 2.58. The van der Waals surface area contributed by atoms with E-state index >= 15 is 0 Å². The Balaban J connectivity index is 2.11.